The number of halogens is 1. The van der Waals surface area contributed by atoms with E-state index in [-0.39, 0.29) is 34.2 Å². The summed E-state index contributed by atoms with van der Waals surface area (Å²) in [6.45, 7) is 4.00. The van der Waals surface area contributed by atoms with Crippen molar-refractivity contribution in [3.63, 3.8) is 0 Å². The van der Waals surface area contributed by atoms with Gasteiger partial charge in [-0.15, -0.1) is 0 Å². The SMILES string of the molecule is CCOc1ccc(NS(=O)(=O)c2ccc(OCC(=O)N[C@@H](C)c3ccccc3)c(Cl)c2)cc1. The summed E-state index contributed by atoms with van der Waals surface area (Å²) in [5.41, 5.74) is 1.36. The van der Waals surface area contributed by atoms with E-state index in [9.17, 15) is 13.2 Å². The second kappa shape index (κ2) is 11.1. The Labute approximate surface area is 198 Å². The topological polar surface area (TPSA) is 93.7 Å². The first-order valence-electron chi connectivity index (χ1n) is 10.3. The number of benzene rings is 3. The van der Waals surface area contributed by atoms with E-state index in [1.807, 2.05) is 44.2 Å². The first kappa shape index (κ1) is 24.4. The van der Waals surface area contributed by atoms with E-state index in [4.69, 9.17) is 21.1 Å². The van der Waals surface area contributed by atoms with Crippen molar-refractivity contribution in [2.45, 2.75) is 24.8 Å². The zero-order valence-electron chi connectivity index (χ0n) is 18.2. The minimum absolute atomic E-state index is 0.0316. The van der Waals surface area contributed by atoms with Gasteiger partial charge in [0.25, 0.3) is 15.9 Å². The average Bonchev–Trinajstić information content (AvgIpc) is 2.80. The molecule has 0 unspecified atom stereocenters. The van der Waals surface area contributed by atoms with Gasteiger partial charge in [0.05, 0.1) is 22.6 Å². The van der Waals surface area contributed by atoms with Crippen LogP contribution in [0, 0.1) is 0 Å². The van der Waals surface area contributed by atoms with Crippen molar-refractivity contribution in [2.24, 2.45) is 0 Å². The van der Waals surface area contributed by atoms with Crippen molar-refractivity contribution in [3.8, 4) is 11.5 Å². The molecule has 0 radical (unpaired) electrons. The third-order valence-electron chi connectivity index (χ3n) is 4.67. The number of carbonyl (C=O) groups excluding carboxylic acids is 1. The number of amides is 1. The van der Waals surface area contributed by atoms with Crippen LogP contribution in [0.1, 0.15) is 25.5 Å². The summed E-state index contributed by atoms with van der Waals surface area (Å²) in [6, 6.07) is 20.0. The molecule has 0 aromatic heterocycles. The fraction of sp³-hybridized carbons (Fsp3) is 0.208. The van der Waals surface area contributed by atoms with Crippen molar-refractivity contribution in [2.75, 3.05) is 17.9 Å². The predicted octanol–water partition coefficient (Wildman–Crippen LogP) is 4.80. The molecule has 0 heterocycles. The monoisotopic (exact) mass is 488 g/mol. The molecule has 174 valence electrons. The number of anilines is 1. The quantitative estimate of drug-likeness (QED) is 0.427. The van der Waals surface area contributed by atoms with Gasteiger partial charge in [0, 0.05) is 5.69 Å². The number of hydrogen-bond donors (Lipinski definition) is 2. The van der Waals surface area contributed by atoms with Gasteiger partial charge in [0.1, 0.15) is 11.5 Å². The molecule has 1 atom stereocenters. The summed E-state index contributed by atoms with van der Waals surface area (Å²) < 4.78 is 38.7. The molecule has 7 nitrogen and oxygen atoms in total. The van der Waals surface area contributed by atoms with Crippen molar-refractivity contribution in [1.29, 1.82) is 0 Å². The molecule has 33 heavy (non-hydrogen) atoms. The fourth-order valence-electron chi connectivity index (χ4n) is 3.02. The zero-order chi connectivity index (χ0) is 23.8. The highest BCUT2D eigenvalue weighted by Crippen LogP contribution is 2.28. The number of hydrogen-bond acceptors (Lipinski definition) is 5. The minimum Gasteiger partial charge on any atom is -0.494 e. The molecule has 1 amide bonds. The Hall–Kier alpha value is -3.23. The van der Waals surface area contributed by atoms with Crippen LogP contribution in [-0.4, -0.2) is 27.5 Å². The van der Waals surface area contributed by atoms with Crippen molar-refractivity contribution < 1.29 is 22.7 Å². The Morgan fingerprint density at radius 1 is 1.00 bits per heavy atom. The van der Waals surface area contributed by atoms with Crippen LogP contribution in [-0.2, 0) is 14.8 Å². The lowest BCUT2D eigenvalue weighted by atomic mass is 10.1. The maximum atomic E-state index is 12.7. The lowest BCUT2D eigenvalue weighted by molar-refractivity contribution is -0.123. The Bertz CT molecular complexity index is 1190. The Balaban J connectivity index is 1.60. The number of ether oxygens (including phenoxy) is 2. The smallest absolute Gasteiger partial charge is 0.261 e. The van der Waals surface area contributed by atoms with E-state index in [1.165, 1.54) is 18.2 Å². The van der Waals surface area contributed by atoms with Crippen molar-refractivity contribution in [1.82, 2.24) is 5.32 Å². The van der Waals surface area contributed by atoms with Crippen LogP contribution in [0.3, 0.4) is 0 Å². The third kappa shape index (κ3) is 6.87. The molecular weight excluding hydrogens is 464 g/mol. The Morgan fingerprint density at radius 2 is 1.70 bits per heavy atom. The number of nitrogens with one attached hydrogen (secondary N) is 2. The fourth-order valence-corrected chi connectivity index (χ4v) is 4.40. The summed E-state index contributed by atoms with van der Waals surface area (Å²) in [7, 11) is -3.87. The van der Waals surface area contributed by atoms with Crippen LogP contribution in [0.15, 0.2) is 77.7 Å². The third-order valence-corrected chi connectivity index (χ3v) is 6.34. The first-order valence-corrected chi connectivity index (χ1v) is 12.2. The molecule has 0 fully saturated rings. The molecule has 0 aliphatic rings. The van der Waals surface area contributed by atoms with Crippen LogP contribution in [0.5, 0.6) is 11.5 Å². The van der Waals surface area contributed by atoms with Gasteiger partial charge in [0.15, 0.2) is 6.61 Å². The van der Waals surface area contributed by atoms with E-state index < -0.39 is 10.0 Å². The lowest BCUT2D eigenvalue weighted by Gasteiger charge is -2.15. The number of rotatable bonds is 10. The zero-order valence-corrected chi connectivity index (χ0v) is 19.8. The molecule has 3 aromatic carbocycles. The largest absolute Gasteiger partial charge is 0.494 e. The van der Waals surface area contributed by atoms with E-state index in [0.29, 0.717) is 18.0 Å². The summed E-state index contributed by atoms with van der Waals surface area (Å²) in [5, 5.41) is 2.92. The number of carbonyl (C=O) groups is 1. The maximum absolute atomic E-state index is 12.7. The average molecular weight is 489 g/mol. The van der Waals surface area contributed by atoms with Gasteiger partial charge in [-0.1, -0.05) is 41.9 Å². The molecule has 2 N–H and O–H groups in total. The van der Waals surface area contributed by atoms with Crippen LogP contribution in [0.25, 0.3) is 0 Å². The second-order valence-electron chi connectivity index (χ2n) is 7.14. The van der Waals surface area contributed by atoms with E-state index in [1.54, 1.807) is 24.3 Å². The summed E-state index contributed by atoms with van der Waals surface area (Å²) in [5.74, 6) is 0.530. The molecule has 0 spiro atoms. The summed E-state index contributed by atoms with van der Waals surface area (Å²) >= 11 is 6.21. The molecule has 0 aliphatic carbocycles. The standard InChI is InChI=1S/C24H25ClN2O5S/c1-3-31-20-11-9-19(10-12-20)27-33(29,30)21-13-14-23(22(25)15-21)32-16-24(28)26-17(2)18-7-5-4-6-8-18/h4-15,17,27H,3,16H2,1-2H3,(H,26,28)/t17-/m0/s1. The van der Waals surface area contributed by atoms with Gasteiger partial charge in [0.2, 0.25) is 0 Å². The molecule has 0 aliphatic heterocycles. The minimum atomic E-state index is -3.87. The lowest BCUT2D eigenvalue weighted by Crippen LogP contribution is -2.31. The molecule has 3 rings (SSSR count). The van der Waals surface area contributed by atoms with Crippen LogP contribution in [0.4, 0.5) is 5.69 Å². The van der Waals surface area contributed by atoms with Gasteiger partial charge < -0.3 is 14.8 Å². The highest BCUT2D eigenvalue weighted by molar-refractivity contribution is 7.92. The molecule has 0 saturated carbocycles. The van der Waals surface area contributed by atoms with E-state index >= 15 is 0 Å². The van der Waals surface area contributed by atoms with Gasteiger partial charge in [-0.05, 0) is 61.9 Å². The molecular formula is C24H25ClN2O5S. The van der Waals surface area contributed by atoms with Crippen LogP contribution >= 0.6 is 11.6 Å². The molecule has 9 heteroatoms. The van der Waals surface area contributed by atoms with Gasteiger partial charge in [-0.3, -0.25) is 9.52 Å². The molecule has 3 aromatic rings. The highest BCUT2D eigenvalue weighted by atomic mass is 35.5. The Kier molecular flexibility index (Phi) is 8.19. The van der Waals surface area contributed by atoms with Gasteiger partial charge in [-0.2, -0.15) is 0 Å². The van der Waals surface area contributed by atoms with Crippen molar-refractivity contribution in [3.05, 3.63) is 83.4 Å². The molecule has 0 bridgehead atoms. The summed E-state index contributed by atoms with van der Waals surface area (Å²) in [6.07, 6.45) is 0. The second-order valence-corrected chi connectivity index (χ2v) is 9.23. The first-order chi connectivity index (χ1) is 15.8. The molecule has 0 saturated heterocycles. The normalized spacial score (nSPS) is 12.0. The van der Waals surface area contributed by atoms with Crippen molar-refractivity contribution >= 4 is 33.2 Å². The maximum Gasteiger partial charge on any atom is 0.261 e. The Morgan fingerprint density at radius 3 is 2.33 bits per heavy atom. The van der Waals surface area contributed by atoms with Crippen LogP contribution < -0.4 is 19.5 Å². The number of sulfonamides is 1. The van der Waals surface area contributed by atoms with Crippen LogP contribution in [0.2, 0.25) is 5.02 Å². The van der Waals surface area contributed by atoms with E-state index in [0.717, 1.165) is 5.56 Å². The van der Waals surface area contributed by atoms with Gasteiger partial charge >= 0.3 is 0 Å². The summed E-state index contributed by atoms with van der Waals surface area (Å²) in [4.78, 5) is 12.2. The van der Waals surface area contributed by atoms with Gasteiger partial charge in [-0.25, -0.2) is 8.42 Å². The highest BCUT2D eigenvalue weighted by Gasteiger charge is 2.17. The predicted molar refractivity (Wildman–Crippen MR) is 128 cm³/mol. The van der Waals surface area contributed by atoms with E-state index in [2.05, 4.69) is 10.0 Å².